The van der Waals surface area contributed by atoms with E-state index < -0.39 is 4.92 Å². The van der Waals surface area contributed by atoms with Crippen molar-refractivity contribution < 1.29 is 9.66 Å². The maximum Gasteiger partial charge on any atom is 0.285 e. The first-order valence-electron chi connectivity index (χ1n) is 5.90. The van der Waals surface area contributed by atoms with Crippen LogP contribution in [0.5, 0.6) is 5.75 Å². The second-order valence-electron chi connectivity index (χ2n) is 4.10. The first-order chi connectivity index (χ1) is 9.97. The molecular formula is C13H10Cl2N2O4. The van der Waals surface area contributed by atoms with Crippen LogP contribution >= 0.6 is 23.2 Å². The number of nitro groups is 1. The van der Waals surface area contributed by atoms with Gasteiger partial charge in [-0.2, -0.15) is 0 Å². The third-order valence-electron chi connectivity index (χ3n) is 2.66. The second kappa shape index (κ2) is 6.60. The van der Waals surface area contributed by atoms with Crippen molar-refractivity contribution >= 4 is 28.9 Å². The van der Waals surface area contributed by atoms with Crippen LogP contribution in [0.15, 0.2) is 41.3 Å². The van der Waals surface area contributed by atoms with Crippen molar-refractivity contribution in [3.8, 4) is 5.75 Å². The molecule has 0 bridgehead atoms. The smallest absolute Gasteiger partial charge is 0.285 e. The molecule has 1 aromatic heterocycles. The standard InChI is InChI=1S/C13H10Cl2N2O4/c14-9-1-3-12(11(15)7-9)21-6-5-16-8-10(17(19)20)2-4-13(16)18/h1-4,7-8H,5-6H2. The Kier molecular flexibility index (Phi) is 4.82. The number of hydrogen-bond acceptors (Lipinski definition) is 4. The molecule has 6 nitrogen and oxygen atoms in total. The van der Waals surface area contributed by atoms with Gasteiger partial charge in [-0.3, -0.25) is 14.9 Å². The zero-order valence-electron chi connectivity index (χ0n) is 10.7. The Bertz CT molecular complexity index is 730. The van der Waals surface area contributed by atoms with E-state index in [0.717, 1.165) is 12.1 Å². The Morgan fingerprint density at radius 1 is 1.24 bits per heavy atom. The minimum absolute atomic E-state index is 0.141. The molecule has 0 fully saturated rings. The van der Waals surface area contributed by atoms with Gasteiger partial charge in [0.2, 0.25) is 0 Å². The number of pyridine rings is 1. The summed E-state index contributed by atoms with van der Waals surface area (Å²) in [6, 6.07) is 7.09. The summed E-state index contributed by atoms with van der Waals surface area (Å²) in [5.74, 6) is 0.430. The molecule has 110 valence electrons. The van der Waals surface area contributed by atoms with E-state index in [2.05, 4.69) is 0 Å². The molecule has 0 saturated carbocycles. The molecule has 1 heterocycles. The van der Waals surface area contributed by atoms with Crippen molar-refractivity contribution in [2.45, 2.75) is 6.54 Å². The van der Waals surface area contributed by atoms with E-state index in [4.69, 9.17) is 27.9 Å². The highest BCUT2D eigenvalue weighted by molar-refractivity contribution is 6.35. The predicted octanol–water partition coefficient (Wildman–Crippen LogP) is 3.14. The van der Waals surface area contributed by atoms with E-state index in [1.165, 1.54) is 16.8 Å². The number of aromatic nitrogens is 1. The van der Waals surface area contributed by atoms with Gasteiger partial charge in [-0.05, 0) is 18.2 Å². The first-order valence-corrected chi connectivity index (χ1v) is 6.65. The Morgan fingerprint density at radius 3 is 2.67 bits per heavy atom. The number of halogens is 2. The van der Waals surface area contributed by atoms with E-state index in [9.17, 15) is 14.9 Å². The van der Waals surface area contributed by atoms with Crippen LogP contribution in [-0.4, -0.2) is 16.1 Å². The number of rotatable bonds is 5. The van der Waals surface area contributed by atoms with Gasteiger partial charge < -0.3 is 9.30 Å². The van der Waals surface area contributed by atoms with E-state index in [1.807, 2.05) is 0 Å². The summed E-state index contributed by atoms with van der Waals surface area (Å²) in [5.41, 5.74) is -0.495. The van der Waals surface area contributed by atoms with Crippen LogP contribution in [0.4, 0.5) is 5.69 Å². The quantitative estimate of drug-likeness (QED) is 0.624. The van der Waals surface area contributed by atoms with Crippen LogP contribution in [0.1, 0.15) is 0 Å². The summed E-state index contributed by atoms with van der Waals surface area (Å²) < 4.78 is 6.64. The molecule has 0 aliphatic rings. The lowest BCUT2D eigenvalue weighted by atomic mass is 10.3. The van der Waals surface area contributed by atoms with Gasteiger partial charge in [-0.25, -0.2) is 0 Å². The van der Waals surface area contributed by atoms with Crippen molar-refractivity contribution in [2.24, 2.45) is 0 Å². The molecule has 2 rings (SSSR count). The summed E-state index contributed by atoms with van der Waals surface area (Å²) in [7, 11) is 0. The summed E-state index contributed by atoms with van der Waals surface area (Å²) in [6.45, 7) is 0.307. The lowest BCUT2D eigenvalue weighted by molar-refractivity contribution is -0.385. The van der Waals surface area contributed by atoms with Crippen LogP contribution in [0.2, 0.25) is 10.0 Å². The molecule has 0 atom stereocenters. The zero-order chi connectivity index (χ0) is 15.4. The molecule has 0 aliphatic carbocycles. The monoisotopic (exact) mass is 328 g/mol. The molecule has 0 unspecified atom stereocenters. The highest BCUT2D eigenvalue weighted by Crippen LogP contribution is 2.27. The normalized spacial score (nSPS) is 10.4. The molecule has 8 heteroatoms. The molecule has 2 aromatic rings. The van der Waals surface area contributed by atoms with E-state index in [-0.39, 0.29) is 24.4 Å². The highest BCUT2D eigenvalue weighted by atomic mass is 35.5. The van der Waals surface area contributed by atoms with Crippen LogP contribution in [0, 0.1) is 10.1 Å². The Morgan fingerprint density at radius 2 is 2.00 bits per heavy atom. The lowest BCUT2D eigenvalue weighted by Crippen LogP contribution is -2.22. The predicted molar refractivity (Wildman–Crippen MR) is 79.3 cm³/mol. The molecule has 0 N–H and O–H groups in total. The first kappa shape index (κ1) is 15.3. The average molecular weight is 329 g/mol. The third kappa shape index (κ3) is 3.96. The van der Waals surface area contributed by atoms with Crippen molar-refractivity contribution in [3.63, 3.8) is 0 Å². The molecule has 21 heavy (non-hydrogen) atoms. The van der Waals surface area contributed by atoms with E-state index >= 15 is 0 Å². The van der Waals surface area contributed by atoms with Crippen molar-refractivity contribution in [2.75, 3.05) is 6.61 Å². The van der Waals surface area contributed by atoms with E-state index in [0.29, 0.717) is 15.8 Å². The van der Waals surface area contributed by atoms with Gasteiger partial charge in [-0.15, -0.1) is 0 Å². The van der Waals surface area contributed by atoms with Crippen molar-refractivity contribution in [1.82, 2.24) is 4.57 Å². The Labute approximate surface area is 129 Å². The summed E-state index contributed by atoms with van der Waals surface area (Å²) in [4.78, 5) is 21.7. The molecule has 0 aliphatic heterocycles. The summed E-state index contributed by atoms with van der Waals surface area (Å²) >= 11 is 11.7. The van der Waals surface area contributed by atoms with Crippen LogP contribution in [0.25, 0.3) is 0 Å². The SMILES string of the molecule is O=c1ccc([N+](=O)[O-])cn1CCOc1ccc(Cl)cc1Cl. The average Bonchev–Trinajstić information content (AvgIpc) is 2.43. The van der Waals surface area contributed by atoms with Crippen LogP contribution < -0.4 is 10.3 Å². The second-order valence-corrected chi connectivity index (χ2v) is 4.94. The lowest BCUT2D eigenvalue weighted by Gasteiger charge is -2.09. The van der Waals surface area contributed by atoms with Crippen LogP contribution in [0.3, 0.4) is 0 Å². The molecule has 0 amide bonds. The van der Waals surface area contributed by atoms with Gasteiger partial charge in [-0.1, -0.05) is 23.2 Å². The zero-order valence-corrected chi connectivity index (χ0v) is 12.2. The number of benzene rings is 1. The van der Waals surface area contributed by atoms with Gasteiger partial charge >= 0.3 is 0 Å². The number of hydrogen-bond donors (Lipinski definition) is 0. The fourth-order valence-corrected chi connectivity index (χ4v) is 2.11. The van der Waals surface area contributed by atoms with Gasteiger partial charge in [0.1, 0.15) is 12.4 Å². The maximum absolute atomic E-state index is 11.6. The van der Waals surface area contributed by atoms with Gasteiger partial charge in [0.15, 0.2) is 0 Å². The summed E-state index contributed by atoms with van der Waals surface area (Å²) in [5, 5.41) is 11.5. The Balaban J connectivity index is 2.05. The molecule has 0 saturated heterocycles. The largest absolute Gasteiger partial charge is 0.490 e. The third-order valence-corrected chi connectivity index (χ3v) is 3.19. The van der Waals surface area contributed by atoms with E-state index in [1.54, 1.807) is 12.1 Å². The van der Waals surface area contributed by atoms with Gasteiger partial charge in [0, 0.05) is 17.2 Å². The Hall–Kier alpha value is -2.05. The fraction of sp³-hybridized carbons (Fsp3) is 0.154. The van der Waals surface area contributed by atoms with Crippen molar-refractivity contribution in [1.29, 1.82) is 0 Å². The summed E-state index contributed by atoms with van der Waals surface area (Å²) in [6.07, 6.45) is 1.18. The minimum atomic E-state index is -0.563. The molecule has 0 radical (unpaired) electrons. The van der Waals surface area contributed by atoms with Crippen molar-refractivity contribution in [3.05, 3.63) is 67.0 Å². The topological polar surface area (TPSA) is 74.4 Å². The maximum atomic E-state index is 11.6. The fourth-order valence-electron chi connectivity index (χ4n) is 1.65. The van der Waals surface area contributed by atoms with Gasteiger partial charge in [0.25, 0.3) is 11.2 Å². The molecular weight excluding hydrogens is 319 g/mol. The number of ether oxygens (including phenoxy) is 1. The van der Waals surface area contributed by atoms with Gasteiger partial charge in [0.05, 0.1) is 22.7 Å². The highest BCUT2D eigenvalue weighted by Gasteiger charge is 2.08. The number of nitrogens with zero attached hydrogens (tertiary/aromatic N) is 2. The van der Waals surface area contributed by atoms with Crippen LogP contribution in [-0.2, 0) is 6.54 Å². The molecule has 1 aromatic carbocycles. The minimum Gasteiger partial charge on any atom is -0.490 e. The molecule has 0 spiro atoms.